The van der Waals surface area contributed by atoms with Gasteiger partial charge in [0.25, 0.3) is 5.91 Å². The van der Waals surface area contributed by atoms with E-state index >= 15 is 0 Å². The molecule has 0 fully saturated rings. The van der Waals surface area contributed by atoms with E-state index in [0.717, 1.165) is 44.4 Å². The Morgan fingerprint density at radius 1 is 1.02 bits per heavy atom. The molecule has 4 heterocycles. The van der Waals surface area contributed by atoms with Gasteiger partial charge in [0.15, 0.2) is 0 Å². The highest BCUT2D eigenvalue weighted by Crippen LogP contribution is 2.44. The van der Waals surface area contributed by atoms with E-state index < -0.39 is 6.04 Å². The van der Waals surface area contributed by atoms with Crippen LogP contribution in [0.4, 0.5) is 4.39 Å². The molecule has 0 spiro atoms. The third kappa shape index (κ3) is 5.18. The quantitative estimate of drug-likeness (QED) is 0.174. The van der Waals surface area contributed by atoms with Crippen LogP contribution in [-0.4, -0.2) is 52.4 Å². The summed E-state index contributed by atoms with van der Waals surface area (Å²) < 4.78 is 28.0. The Labute approximate surface area is 265 Å². The lowest BCUT2D eigenvalue weighted by atomic mass is 9.93. The van der Waals surface area contributed by atoms with E-state index in [0.29, 0.717) is 47.8 Å². The summed E-state index contributed by atoms with van der Waals surface area (Å²) in [7, 11) is 3.22. The second-order valence-electron chi connectivity index (χ2n) is 11.4. The molecule has 3 aromatic carbocycles. The van der Waals surface area contributed by atoms with Crippen LogP contribution in [0.1, 0.15) is 21.5 Å². The van der Waals surface area contributed by atoms with Crippen molar-refractivity contribution in [3.63, 3.8) is 0 Å². The van der Waals surface area contributed by atoms with Gasteiger partial charge in [-0.15, -0.1) is 0 Å². The number of benzene rings is 3. The maximum absolute atomic E-state index is 14.6. The molecule has 1 aliphatic rings. The van der Waals surface area contributed by atoms with Crippen molar-refractivity contribution in [2.24, 2.45) is 0 Å². The summed E-state index contributed by atoms with van der Waals surface area (Å²) in [4.78, 5) is 21.7. The molecule has 3 aromatic heterocycles. The first-order valence-electron chi connectivity index (χ1n) is 15.2. The normalized spacial score (nSPS) is 12.8. The average Bonchev–Trinajstić information content (AvgIpc) is 3.69. The van der Waals surface area contributed by atoms with Gasteiger partial charge >= 0.3 is 0 Å². The molecule has 8 nitrogen and oxygen atoms in total. The predicted octanol–water partition coefficient (Wildman–Crippen LogP) is 6.41. The van der Waals surface area contributed by atoms with Gasteiger partial charge in [-0.1, -0.05) is 30.3 Å². The first kappa shape index (κ1) is 29.3. The molecule has 7 rings (SSSR count). The van der Waals surface area contributed by atoms with Crippen molar-refractivity contribution in [1.82, 2.24) is 19.9 Å². The van der Waals surface area contributed by atoms with Crippen molar-refractivity contribution in [3.05, 3.63) is 114 Å². The molecule has 1 unspecified atom stereocenters. The van der Waals surface area contributed by atoms with Crippen LogP contribution in [0, 0.1) is 5.82 Å². The number of aromatic nitrogens is 3. The molecule has 6 aromatic rings. The molecule has 3 N–H and O–H groups in total. The molecule has 1 atom stereocenters. The molecule has 9 heteroatoms. The molecule has 0 saturated heterocycles. The Bertz CT molecular complexity index is 2080. The first-order chi connectivity index (χ1) is 22.5. The SMILES string of the molecule is COc1cc2c(cc1-c1cccnc1OC)-c1cc(C(=O)NC(CO)Cc3c[nH]c4ccccc34)c(-c3cccc(F)c3)n1CC2. The summed E-state index contributed by atoms with van der Waals surface area (Å²) in [5.41, 5.74) is 8.03. The average molecular weight is 617 g/mol. The summed E-state index contributed by atoms with van der Waals surface area (Å²) in [5.74, 6) is 0.428. The van der Waals surface area contributed by atoms with Crippen molar-refractivity contribution < 1.29 is 23.8 Å². The zero-order chi connectivity index (χ0) is 31.8. The van der Waals surface area contributed by atoms with Crippen LogP contribution in [0.3, 0.4) is 0 Å². The van der Waals surface area contributed by atoms with Gasteiger partial charge in [0, 0.05) is 57.8 Å². The number of halogens is 1. The molecule has 0 aliphatic carbocycles. The topological polar surface area (TPSA) is 101 Å². The van der Waals surface area contributed by atoms with Gasteiger partial charge in [0.1, 0.15) is 11.6 Å². The van der Waals surface area contributed by atoms with E-state index in [1.165, 1.54) is 12.1 Å². The zero-order valence-electron chi connectivity index (χ0n) is 25.5. The number of rotatable bonds is 9. The molecule has 0 saturated carbocycles. The number of amides is 1. The lowest BCUT2D eigenvalue weighted by Crippen LogP contribution is -2.39. The molecular formula is C37H33FN4O4. The fourth-order valence-corrected chi connectivity index (χ4v) is 6.55. The van der Waals surface area contributed by atoms with Crippen LogP contribution in [0.15, 0.2) is 91.3 Å². The number of carbonyl (C=O) groups is 1. The van der Waals surface area contributed by atoms with E-state index in [4.69, 9.17) is 9.47 Å². The van der Waals surface area contributed by atoms with E-state index in [-0.39, 0.29) is 18.3 Å². The number of fused-ring (bicyclic) bond motifs is 4. The van der Waals surface area contributed by atoms with Crippen LogP contribution >= 0.6 is 0 Å². The molecule has 1 aliphatic heterocycles. The van der Waals surface area contributed by atoms with Gasteiger partial charge in [-0.2, -0.15) is 0 Å². The number of hydrogen-bond donors (Lipinski definition) is 3. The van der Waals surface area contributed by atoms with Crippen molar-refractivity contribution in [2.45, 2.75) is 25.4 Å². The minimum atomic E-state index is -0.537. The number of pyridine rings is 1. The highest BCUT2D eigenvalue weighted by Gasteiger charge is 2.29. The first-order valence-corrected chi connectivity index (χ1v) is 15.2. The van der Waals surface area contributed by atoms with E-state index in [2.05, 4.69) is 19.9 Å². The Hall–Kier alpha value is -5.41. The van der Waals surface area contributed by atoms with Crippen LogP contribution in [0.2, 0.25) is 0 Å². The number of hydrogen-bond acceptors (Lipinski definition) is 5. The molecule has 232 valence electrons. The lowest BCUT2D eigenvalue weighted by Gasteiger charge is -2.24. The number of aromatic amines is 1. The maximum atomic E-state index is 14.6. The third-order valence-electron chi connectivity index (χ3n) is 8.70. The van der Waals surface area contributed by atoms with Gasteiger partial charge in [-0.3, -0.25) is 4.79 Å². The van der Waals surface area contributed by atoms with Gasteiger partial charge in [0.2, 0.25) is 5.88 Å². The summed E-state index contributed by atoms with van der Waals surface area (Å²) in [6, 6.07) is 23.4. The number of para-hydroxylation sites is 1. The summed E-state index contributed by atoms with van der Waals surface area (Å²) in [6.07, 6.45) is 4.70. The highest BCUT2D eigenvalue weighted by atomic mass is 19.1. The third-order valence-corrected chi connectivity index (χ3v) is 8.70. The smallest absolute Gasteiger partial charge is 0.253 e. The Morgan fingerprint density at radius 2 is 1.89 bits per heavy atom. The lowest BCUT2D eigenvalue weighted by molar-refractivity contribution is 0.0917. The van der Waals surface area contributed by atoms with Crippen molar-refractivity contribution in [1.29, 1.82) is 0 Å². The standard InChI is InChI=1S/C37H33FN4O4/c1-45-34-17-22-12-14-42-33(29(22)18-30(34)28-10-6-13-39-37(28)46-2)19-31(35(42)23-7-5-8-25(38)15-23)36(44)41-26(21-43)16-24-20-40-32-11-4-3-9-27(24)32/h3-11,13,15,17-20,26,40,43H,12,14,16,21H2,1-2H3,(H,41,44). The van der Waals surface area contributed by atoms with E-state index in [1.54, 1.807) is 26.5 Å². The zero-order valence-corrected chi connectivity index (χ0v) is 25.5. The number of carbonyl (C=O) groups excluding carboxylic acids is 1. The number of ether oxygens (including phenoxy) is 2. The van der Waals surface area contributed by atoms with Crippen LogP contribution in [-0.2, 0) is 19.4 Å². The number of aliphatic hydroxyl groups excluding tert-OH is 1. The van der Waals surface area contributed by atoms with Crippen molar-refractivity contribution in [2.75, 3.05) is 20.8 Å². The fraction of sp³-hybridized carbons (Fsp3) is 0.189. The van der Waals surface area contributed by atoms with Crippen LogP contribution < -0.4 is 14.8 Å². The highest BCUT2D eigenvalue weighted by molar-refractivity contribution is 6.03. The van der Waals surface area contributed by atoms with Gasteiger partial charge < -0.3 is 29.4 Å². The summed E-state index contributed by atoms with van der Waals surface area (Å²) in [5, 5.41) is 14.4. The summed E-state index contributed by atoms with van der Waals surface area (Å²) in [6.45, 7) is 0.339. The van der Waals surface area contributed by atoms with Crippen LogP contribution in [0.5, 0.6) is 11.6 Å². The number of nitrogens with one attached hydrogen (secondary N) is 2. The molecule has 46 heavy (non-hydrogen) atoms. The molecule has 0 radical (unpaired) electrons. The Balaban J connectivity index is 1.32. The van der Waals surface area contributed by atoms with Gasteiger partial charge in [-0.25, -0.2) is 9.37 Å². The van der Waals surface area contributed by atoms with Gasteiger partial charge in [-0.05, 0) is 72.5 Å². The fourth-order valence-electron chi connectivity index (χ4n) is 6.55. The number of aryl methyl sites for hydroxylation is 1. The Morgan fingerprint density at radius 3 is 2.70 bits per heavy atom. The predicted molar refractivity (Wildman–Crippen MR) is 176 cm³/mol. The van der Waals surface area contributed by atoms with E-state index in [1.807, 2.05) is 66.9 Å². The van der Waals surface area contributed by atoms with Gasteiger partial charge in [0.05, 0.1) is 38.1 Å². The molecule has 0 bridgehead atoms. The van der Waals surface area contributed by atoms with Crippen LogP contribution in [0.25, 0.3) is 44.5 Å². The number of H-pyrrole nitrogens is 1. The minimum absolute atomic E-state index is 0.243. The summed E-state index contributed by atoms with van der Waals surface area (Å²) >= 11 is 0. The largest absolute Gasteiger partial charge is 0.496 e. The monoisotopic (exact) mass is 616 g/mol. The molecular weight excluding hydrogens is 583 g/mol. The number of aliphatic hydroxyl groups is 1. The van der Waals surface area contributed by atoms with Crippen molar-refractivity contribution >= 4 is 16.8 Å². The maximum Gasteiger partial charge on any atom is 0.253 e. The second kappa shape index (κ2) is 12.2. The number of methoxy groups -OCH3 is 2. The van der Waals surface area contributed by atoms with E-state index in [9.17, 15) is 14.3 Å². The second-order valence-corrected chi connectivity index (χ2v) is 11.4. The Kier molecular flexibility index (Phi) is 7.76. The molecule has 1 amide bonds. The minimum Gasteiger partial charge on any atom is -0.496 e. The van der Waals surface area contributed by atoms with Crippen molar-refractivity contribution in [3.8, 4) is 45.3 Å². The number of nitrogens with zero attached hydrogens (tertiary/aromatic N) is 2.